The van der Waals surface area contributed by atoms with Crippen LogP contribution in [0.25, 0.3) is 0 Å². The van der Waals surface area contributed by atoms with Gasteiger partial charge in [-0.05, 0) is 24.7 Å². The quantitative estimate of drug-likeness (QED) is 0.433. The Morgan fingerprint density at radius 1 is 1.54 bits per heavy atom. The highest BCUT2D eigenvalue weighted by atomic mass is 35.5. The summed E-state index contributed by atoms with van der Waals surface area (Å²) < 4.78 is 0. The van der Waals surface area contributed by atoms with E-state index in [0.717, 1.165) is 24.8 Å². The molecule has 0 radical (unpaired) electrons. The van der Waals surface area contributed by atoms with Gasteiger partial charge in [0.25, 0.3) is 0 Å². The number of carbonyl (C=O) groups is 1. The summed E-state index contributed by atoms with van der Waals surface area (Å²) in [5, 5.41) is -0.445. The molecule has 0 bridgehead atoms. The van der Waals surface area contributed by atoms with E-state index in [2.05, 4.69) is 20.4 Å². The van der Waals surface area contributed by atoms with Gasteiger partial charge in [0.15, 0.2) is 5.78 Å². The Balaban J connectivity index is 2.73. The summed E-state index contributed by atoms with van der Waals surface area (Å²) in [6, 6.07) is 0. The number of rotatable bonds is 0. The average molecular weight is 201 g/mol. The highest BCUT2D eigenvalue weighted by Crippen LogP contribution is 2.34. The van der Waals surface area contributed by atoms with Gasteiger partial charge in [0.1, 0.15) is 5.38 Å². The molecule has 0 spiro atoms. The number of halogens is 1. The lowest BCUT2D eigenvalue weighted by molar-refractivity contribution is -0.120. The van der Waals surface area contributed by atoms with Crippen molar-refractivity contribution in [2.75, 3.05) is 0 Å². The average Bonchev–Trinajstić information content (AvgIpc) is 2.00. The molecule has 0 aliphatic heterocycles. The first kappa shape index (κ1) is 10.8. The fourth-order valence-corrected chi connectivity index (χ4v) is 1.98. The second kappa shape index (κ2) is 3.83. The van der Waals surface area contributed by atoms with Gasteiger partial charge in [-0.3, -0.25) is 4.79 Å². The summed E-state index contributed by atoms with van der Waals surface area (Å²) in [5.74, 6) is 0.136. The first-order valence-corrected chi connectivity index (χ1v) is 5.20. The molecule has 1 rings (SSSR count). The lowest BCUT2D eigenvalue weighted by Crippen LogP contribution is -2.27. The van der Waals surface area contributed by atoms with Gasteiger partial charge in [0.05, 0.1) is 0 Å². The van der Waals surface area contributed by atoms with Crippen molar-refractivity contribution in [2.45, 2.75) is 44.9 Å². The summed E-state index contributed by atoms with van der Waals surface area (Å²) >= 11 is 5.97. The maximum absolute atomic E-state index is 11.6. The maximum Gasteiger partial charge on any atom is 0.155 e. The Bertz CT molecular complexity index is 230. The van der Waals surface area contributed by atoms with Crippen LogP contribution in [0.2, 0.25) is 0 Å². The Hall–Kier alpha value is -0.300. The van der Waals surface area contributed by atoms with Gasteiger partial charge in [0, 0.05) is 6.42 Å². The molecule has 0 N–H and O–H groups in total. The largest absolute Gasteiger partial charge is 0.298 e. The van der Waals surface area contributed by atoms with Crippen LogP contribution >= 0.6 is 11.6 Å². The molecular formula is C11H17ClO. The molecular weight excluding hydrogens is 184 g/mol. The number of carbonyl (C=O) groups excluding carboxylic acids is 1. The van der Waals surface area contributed by atoms with Crippen molar-refractivity contribution in [1.82, 2.24) is 0 Å². The van der Waals surface area contributed by atoms with Crippen molar-refractivity contribution in [3.8, 4) is 0 Å². The molecule has 1 saturated carbocycles. The first-order valence-electron chi connectivity index (χ1n) is 4.77. The Morgan fingerprint density at radius 2 is 2.15 bits per heavy atom. The maximum atomic E-state index is 11.6. The molecule has 1 atom stereocenters. The van der Waals surface area contributed by atoms with E-state index in [0.29, 0.717) is 6.42 Å². The second-order valence-electron chi connectivity index (χ2n) is 4.68. The molecule has 0 saturated heterocycles. The molecule has 0 aromatic rings. The van der Waals surface area contributed by atoms with Gasteiger partial charge >= 0.3 is 0 Å². The SMILES string of the molecule is C=C1CCCC(C)(C)CC(=O)C1Cl. The van der Waals surface area contributed by atoms with Crippen LogP contribution in [0.3, 0.4) is 0 Å². The van der Waals surface area contributed by atoms with Crippen molar-refractivity contribution >= 4 is 17.4 Å². The van der Waals surface area contributed by atoms with E-state index in [1.54, 1.807) is 0 Å². The van der Waals surface area contributed by atoms with E-state index >= 15 is 0 Å². The van der Waals surface area contributed by atoms with Gasteiger partial charge < -0.3 is 0 Å². The standard InChI is InChI=1S/C11H17ClO/c1-8-5-4-6-11(2,3)7-9(13)10(8)12/h10H,1,4-7H2,2-3H3. The number of hydrogen-bond donors (Lipinski definition) is 0. The molecule has 1 aliphatic rings. The van der Waals surface area contributed by atoms with Crippen LogP contribution in [-0.4, -0.2) is 11.2 Å². The van der Waals surface area contributed by atoms with Crippen LogP contribution in [0, 0.1) is 5.41 Å². The predicted molar refractivity (Wildman–Crippen MR) is 56.0 cm³/mol. The highest BCUT2D eigenvalue weighted by molar-refractivity contribution is 6.33. The van der Waals surface area contributed by atoms with Crippen molar-refractivity contribution < 1.29 is 4.79 Å². The van der Waals surface area contributed by atoms with Gasteiger partial charge in [-0.2, -0.15) is 0 Å². The van der Waals surface area contributed by atoms with Gasteiger partial charge in [-0.25, -0.2) is 0 Å². The lowest BCUT2D eigenvalue weighted by Gasteiger charge is -2.28. The van der Waals surface area contributed by atoms with Gasteiger partial charge in [0.2, 0.25) is 0 Å². The molecule has 1 unspecified atom stereocenters. The highest BCUT2D eigenvalue weighted by Gasteiger charge is 2.29. The Kier molecular flexibility index (Phi) is 3.18. The minimum Gasteiger partial charge on any atom is -0.298 e. The van der Waals surface area contributed by atoms with Crippen LogP contribution in [0.5, 0.6) is 0 Å². The number of ketones is 1. The molecule has 0 amide bonds. The zero-order valence-corrected chi connectivity index (χ0v) is 9.16. The fourth-order valence-electron chi connectivity index (χ4n) is 1.80. The third-order valence-corrected chi connectivity index (χ3v) is 3.20. The molecule has 2 heteroatoms. The van der Waals surface area contributed by atoms with Gasteiger partial charge in [-0.1, -0.05) is 26.0 Å². The fraction of sp³-hybridized carbons (Fsp3) is 0.727. The normalized spacial score (nSPS) is 29.6. The van der Waals surface area contributed by atoms with E-state index in [1.807, 2.05) is 0 Å². The van der Waals surface area contributed by atoms with Crippen molar-refractivity contribution in [3.63, 3.8) is 0 Å². The van der Waals surface area contributed by atoms with Crippen molar-refractivity contribution in [1.29, 1.82) is 0 Å². The van der Waals surface area contributed by atoms with Crippen LogP contribution in [0.4, 0.5) is 0 Å². The molecule has 74 valence electrons. The monoisotopic (exact) mass is 200 g/mol. The van der Waals surface area contributed by atoms with Crippen LogP contribution < -0.4 is 0 Å². The molecule has 0 aromatic heterocycles. The molecule has 13 heavy (non-hydrogen) atoms. The number of allylic oxidation sites excluding steroid dienone is 1. The number of alkyl halides is 1. The van der Waals surface area contributed by atoms with Crippen LogP contribution in [0.15, 0.2) is 12.2 Å². The third-order valence-electron chi connectivity index (χ3n) is 2.65. The van der Waals surface area contributed by atoms with E-state index in [4.69, 9.17) is 11.6 Å². The smallest absolute Gasteiger partial charge is 0.155 e. The topological polar surface area (TPSA) is 17.1 Å². The zero-order valence-electron chi connectivity index (χ0n) is 8.40. The van der Waals surface area contributed by atoms with Crippen LogP contribution in [0.1, 0.15) is 39.5 Å². The molecule has 1 aliphatic carbocycles. The minimum atomic E-state index is -0.445. The second-order valence-corrected chi connectivity index (χ2v) is 5.12. The molecule has 0 aromatic carbocycles. The Morgan fingerprint density at radius 3 is 2.77 bits per heavy atom. The summed E-state index contributed by atoms with van der Waals surface area (Å²) in [5.41, 5.74) is 1.01. The summed E-state index contributed by atoms with van der Waals surface area (Å²) in [7, 11) is 0. The number of Topliss-reactive ketones (excluding diaryl/α,β-unsaturated/α-hetero) is 1. The first-order chi connectivity index (χ1) is 5.92. The van der Waals surface area contributed by atoms with E-state index in [-0.39, 0.29) is 11.2 Å². The van der Waals surface area contributed by atoms with Gasteiger partial charge in [-0.15, -0.1) is 11.6 Å². The predicted octanol–water partition coefficient (Wildman–Crippen LogP) is 3.32. The van der Waals surface area contributed by atoms with E-state index in [1.165, 1.54) is 0 Å². The van der Waals surface area contributed by atoms with Crippen molar-refractivity contribution in [2.24, 2.45) is 5.41 Å². The summed E-state index contributed by atoms with van der Waals surface area (Å²) in [4.78, 5) is 11.6. The third kappa shape index (κ3) is 2.84. The molecule has 1 fully saturated rings. The lowest BCUT2D eigenvalue weighted by atomic mass is 9.78. The zero-order chi connectivity index (χ0) is 10.1. The number of hydrogen-bond acceptors (Lipinski definition) is 1. The Labute approximate surface area is 85.2 Å². The van der Waals surface area contributed by atoms with Crippen molar-refractivity contribution in [3.05, 3.63) is 12.2 Å². The molecule has 1 nitrogen and oxygen atoms in total. The molecule has 0 heterocycles. The van der Waals surface area contributed by atoms with E-state index in [9.17, 15) is 4.79 Å². The van der Waals surface area contributed by atoms with Crippen LogP contribution in [-0.2, 0) is 4.79 Å². The van der Waals surface area contributed by atoms with E-state index < -0.39 is 5.38 Å². The minimum absolute atomic E-state index is 0.116. The summed E-state index contributed by atoms with van der Waals surface area (Å²) in [6.07, 6.45) is 3.66. The summed E-state index contributed by atoms with van der Waals surface area (Å²) in [6.45, 7) is 8.10.